The van der Waals surface area contributed by atoms with Crippen molar-refractivity contribution in [2.75, 3.05) is 6.54 Å². The standard InChI is InChI=1S/C15H13ClFNO4S/c16-14-4-2-1-3-11(14)9-18(10-15(19)20)23(21,22)13-7-5-12(17)6-8-13/h1-8H,9-10H2,(H,19,20). The van der Waals surface area contributed by atoms with Crippen LogP contribution in [0.5, 0.6) is 0 Å². The molecule has 8 heteroatoms. The molecule has 0 atom stereocenters. The number of hydrogen-bond donors (Lipinski definition) is 1. The number of aliphatic carboxylic acids is 1. The van der Waals surface area contributed by atoms with Gasteiger partial charge < -0.3 is 5.11 Å². The van der Waals surface area contributed by atoms with Crippen LogP contribution >= 0.6 is 11.6 Å². The van der Waals surface area contributed by atoms with Crippen molar-refractivity contribution >= 4 is 27.6 Å². The average molecular weight is 358 g/mol. The van der Waals surface area contributed by atoms with E-state index in [0.717, 1.165) is 28.6 Å². The smallest absolute Gasteiger partial charge is 0.318 e. The second-order valence-corrected chi connectivity index (χ2v) is 7.06. The van der Waals surface area contributed by atoms with Crippen molar-refractivity contribution in [3.8, 4) is 0 Å². The van der Waals surface area contributed by atoms with E-state index in [1.807, 2.05) is 0 Å². The fourth-order valence-corrected chi connectivity index (χ4v) is 3.51. The number of nitrogens with zero attached hydrogens (tertiary/aromatic N) is 1. The number of benzene rings is 2. The molecule has 0 bridgehead atoms. The van der Waals surface area contributed by atoms with Gasteiger partial charge in [-0.1, -0.05) is 29.8 Å². The molecule has 2 rings (SSSR count). The predicted molar refractivity (Wildman–Crippen MR) is 83.1 cm³/mol. The first-order valence-corrected chi connectivity index (χ1v) is 8.33. The Morgan fingerprint density at radius 3 is 2.30 bits per heavy atom. The highest BCUT2D eigenvalue weighted by Crippen LogP contribution is 2.22. The zero-order valence-electron chi connectivity index (χ0n) is 11.8. The van der Waals surface area contributed by atoms with Crippen LogP contribution in [0.15, 0.2) is 53.4 Å². The summed E-state index contributed by atoms with van der Waals surface area (Å²) in [4.78, 5) is 10.8. The van der Waals surface area contributed by atoms with Crippen molar-refractivity contribution in [1.82, 2.24) is 4.31 Å². The van der Waals surface area contributed by atoms with Crippen LogP contribution in [0.2, 0.25) is 5.02 Å². The molecule has 0 spiro atoms. The van der Waals surface area contributed by atoms with Crippen LogP contribution in [0.4, 0.5) is 4.39 Å². The topological polar surface area (TPSA) is 74.7 Å². The Balaban J connectivity index is 2.39. The third-order valence-electron chi connectivity index (χ3n) is 3.07. The van der Waals surface area contributed by atoms with Gasteiger partial charge >= 0.3 is 5.97 Å². The highest BCUT2D eigenvalue weighted by molar-refractivity contribution is 7.89. The number of hydrogen-bond acceptors (Lipinski definition) is 3. The molecule has 0 unspecified atom stereocenters. The van der Waals surface area contributed by atoms with Crippen molar-refractivity contribution < 1.29 is 22.7 Å². The SMILES string of the molecule is O=C(O)CN(Cc1ccccc1Cl)S(=O)(=O)c1ccc(F)cc1. The van der Waals surface area contributed by atoms with Crippen LogP contribution in [-0.2, 0) is 21.4 Å². The van der Waals surface area contributed by atoms with E-state index in [9.17, 15) is 17.6 Å². The van der Waals surface area contributed by atoms with Gasteiger partial charge in [-0.15, -0.1) is 0 Å². The van der Waals surface area contributed by atoms with E-state index in [1.54, 1.807) is 24.3 Å². The van der Waals surface area contributed by atoms with Gasteiger partial charge in [0.1, 0.15) is 12.4 Å². The molecule has 122 valence electrons. The molecular weight excluding hydrogens is 345 g/mol. The third kappa shape index (κ3) is 4.28. The lowest BCUT2D eigenvalue weighted by Gasteiger charge is -2.21. The average Bonchev–Trinajstić information content (AvgIpc) is 2.48. The quantitative estimate of drug-likeness (QED) is 0.862. The van der Waals surface area contributed by atoms with Crippen LogP contribution < -0.4 is 0 Å². The fourth-order valence-electron chi connectivity index (χ4n) is 1.95. The van der Waals surface area contributed by atoms with Gasteiger partial charge in [0.25, 0.3) is 0 Å². The molecule has 0 aliphatic heterocycles. The minimum absolute atomic E-state index is 0.188. The molecule has 1 N–H and O–H groups in total. The van der Waals surface area contributed by atoms with E-state index in [0.29, 0.717) is 10.6 Å². The second kappa shape index (κ2) is 7.08. The summed E-state index contributed by atoms with van der Waals surface area (Å²) < 4.78 is 38.9. The summed E-state index contributed by atoms with van der Waals surface area (Å²) in [7, 11) is -4.10. The minimum Gasteiger partial charge on any atom is -0.480 e. The number of carboxylic acids is 1. The molecular formula is C15H13ClFNO4S. The maximum atomic E-state index is 13.0. The van der Waals surface area contributed by atoms with Crippen LogP contribution in [0.3, 0.4) is 0 Å². The van der Waals surface area contributed by atoms with Crippen molar-refractivity contribution in [3.05, 3.63) is 64.9 Å². The molecule has 0 aromatic heterocycles. The van der Waals surface area contributed by atoms with Gasteiger partial charge in [0.2, 0.25) is 10.0 Å². The van der Waals surface area contributed by atoms with Gasteiger partial charge in [-0.25, -0.2) is 12.8 Å². The monoisotopic (exact) mass is 357 g/mol. The van der Waals surface area contributed by atoms with Crippen molar-refractivity contribution in [2.45, 2.75) is 11.4 Å². The highest BCUT2D eigenvalue weighted by atomic mass is 35.5. The molecule has 0 saturated carbocycles. The minimum atomic E-state index is -4.10. The summed E-state index contributed by atoms with van der Waals surface area (Å²) in [6.45, 7) is -0.934. The van der Waals surface area contributed by atoms with E-state index in [-0.39, 0.29) is 11.4 Å². The molecule has 23 heavy (non-hydrogen) atoms. The largest absolute Gasteiger partial charge is 0.480 e. The van der Waals surface area contributed by atoms with Crippen molar-refractivity contribution in [3.63, 3.8) is 0 Å². The van der Waals surface area contributed by atoms with E-state index in [2.05, 4.69) is 0 Å². The van der Waals surface area contributed by atoms with E-state index in [4.69, 9.17) is 16.7 Å². The fraction of sp³-hybridized carbons (Fsp3) is 0.133. The van der Waals surface area contributed by atoms with Crippen LogP contribution in [0, 0.1) is 5.82 Å². The Morgan fingerprint density at radius 1 is 1.13 bits per heavy atom. The second-order valence-electron chi connectivity index (χ2n) is 4.71. The maximum Gasteiger partial charge on any atom is 0.318 e. The lowest BCUT2D eigenvalue weighted by Crippen LogP contribution is -2.35. The van der Waals surface area contributed by atoms with E-state index >= 15 is 0 Å². The molecule has 0 radical (unpaired) electrons. The van der Waals surface area contributed by atoms with Gasteiger partial charge in [-0.2, -0.15) is 4.31 Å². The predicted octanol–water partition coefficient (Wildman–Crippen LogP) is 2.75. The van der Waals surface area contributed by atoms with Crippen LogP contribution in [0.1, 0.15) is 5.56 Å². The van der Waals surface area contributed by atoms with Crippen molar-refractivity contribution in [1.29, 1.82) is 0 Å². The molecule has 2 aromatic carbocycles. The zero-order chi connectivity index (χ0) is 17.0. The molecule has 2 aromatic rings. The number of halogens is 2. The number of carbonyl (C=O) groups is 1. The van der Waals surface area contributed by atoms with Gasteiger partial charge in [-0.05, 0) is 35.9 Å². The zero-order valence-corrected chi connectivity index (χ0v) is 13.4. The molecule has 0 fully saturated rings. The van der Waals surface area contributed by atoms with Gasteiger partial charge in [-0.3, -0.25) is 4.79 Å². The third-order valence-corrected chi connectivity index (χ3v) is 5.24. The number of rotatable bonds is 6. The van der Waals surface area contributed by atoms with Crippen LogP contribution in [-0.4, -0.2) is 30.3 Å². The Hall–Kier alpha value is -1.96. The summed E-state index contributed by atoms with van der Waals surface area (Å²) in [5.41, 5.74) is 0.473. The normalized spacial score (nSPS) is 11.6. The van der Waals surface area contributed by atoms with Gasteiger partial charge in [0.05, 0.1) is 4.90 Å². The van der Waals surface area contributed by atoms with Crippen molar-refractivity contribution in [2.24, 2.45) is 0 Å². The first-order chi connectivity index (χ1) is 10.8. The number of carboxylic acid groups (broad SMARTS) is 1. The Bertz CT molecular complexity index is 808. The Kier molecular flexibility index (Phi) is 5.35. The Labute approximate surface area is 138 Å². The summed E-state index contributed by atoms with van der Waals surface area (Å²) in [6, 6.07) is 10.7. The molecule has 0 saturated heterocycles. The van der Waals surface area contributed by atoms with Gasteiger partial charge in [0, 0.05) is 11.6 Å². The van der Waals surface area contributed by atoms with Crippen LogP contribution in [0.25, 0.3) is 0 Å². The molecule has 0 aliphatic carbocycles. The first kappa shape index (κ1) is 17.4. The lowest BCUT2D eigenvalue weighted by atomic mass is 10.2. The highest BCUT2D eigenvalue weighted by Gasteiger charge is 2.27. The summed E-state index contributed by atoms with van der Waals surface area (Å²) in [5, 5.41) is 9.32. The summed E-state index contributed by atoms with van der Waals surface area (Å²) in [5.74, 6) is -1.89. The molecule has 0 amide bonds. The molecule has 0 aliphatic rings. The number of sulfonamides is 1. The van der Waals surface area contributed by atoms with E-state index in [1.165, 1.54) is 0 Å². The maximum absolute atomic E-state index is 13.0. The summed E-state index contributed by atoms with van der Waals surface area (Å²) >= 11 is 6.00. The summed E-state index contributed by atoms with van der Waals surface area (Å²) in [6.07, 6.45) is 0. The molecule has 0 heterocycles. The molecule has 5 nitrogen and oxygen atoms in total. The first-order valence-electron chi connectivity index (χ1n) is 6.51. The van der Waals surface area contributed by atoms with Gasteiger partial charge in [0.15, 0.2) is 0 Å². The lowest BCUT2D eigenvalue weighted by molar-refractivity contribution is -0.137. The van der Waals surface area contributed by atoms with E-state index < -0.39 is 28.4 Å². The Morgan fingerprint density at radius 2 is 1.74 bits per heavy atom.